The van der Waals surface area contributed by atoms with Crippen LogP contribution in [0.5, 0.6) is 5.75 Å². The third-order valence-electron chi connectivity index (χ3n) is 4.33. The van der Waals surface area contributed by atoms with Gasteiger partial charge in [0, 0.05) is 13.6 Å². The summed E-state index contributed by atoms with van der Waals surface area (Å²) in [5.74, 6) is 0.468. The molecule has 146 valence electrons. The maximum Gasteiger partial charge on any atom is 0.242 e. The van der Waals surface area contributed by atoms with E-state index in [0.717, 1.165) is 34.7 Å². The Morgan fingerprint density at radius 1 is 1.15 bits per heavy atom. The van der Waals surface area contributed by atoms with Crippen molar-refractivity contribution >= 4 is 15.9 Å². The maximum absolute atomic E-state index is 12.7. The van der Waals surface area contributed by atoms with Crippen LogP contribution in [-0.2, 0) is 21.2 Å². The minimum Gasteiger partial charge on any atom is -0.497 e. The van der Waals surface area contributed by atoms with Crippen molar-refractivity contribution in [3.05, 3.63) is 65.7 Å². The standard InChI is InChI=1S/C20H26N2O4S/c1-22(27(3,24)25)19(17-11-5-4-6-12-17)20(23)21-14-8-10-16-9-7-13-18(15-16)26-2/h4-7,9,11-13,15,19H,8,10,14H2,1-3H3,(H,21,23). The Labute approximate surface area is 161 Å². The number of nitrogens with zero attached hydrogens (tertiary/aromatic N) is 1. The molecule has 6 nitrogen and oxygen atoms in total. The summed E-state index contributed by atoms with van der Waals surface area (Å²) in [7, 11) is -0.472. The molecule has 0 heterocycles. The fourth-order valence-electron chi connectivity index (χ4n) is 2.78. The molecular formula is C20H26N2O4S. The molecule has 7 heteroatoms. The zero-order valence-electron chi connectivity index (χ0n) is 15.9. The Morgan fingerprint density at radius 2 is 1.85 bits per heavy atom. The average Bonchev–Trinajstić information content (AvgIpc) is 2.65. The number of benzene rings is 2. The van der Waals surface area contributed by atoms with Gasteiger partial charge in [-0.15, -0.1) is 0 Å². The van der Waals surface area contributed by atoms with Gasteiger partial charge in [0.25, 0.3) is 0 Å². The first kappa shape index (κ1) is 20.9. The fourth-order valence-corrected chi connectivity index (χ4v) is 3.38. The van der Waals surface area contributed by atoms with Crippen molar-refractivity contribution in [3.63, 3.8) is 0 Å². The molecule has 0 radical (unpaired) electrons. The van der Waals surface area contributed by atoms with Gasteiger partial charge in [-0.3, -0.25) is 4.79 Å². The van der Waals surface area contributed by atoms with Gasteiger partial charge in [-0.2, -0.15) is 4.31 Å². The number of hydrogen-bond donors (Lipinski definition) is 1. The van der Waals surface area contributed by atoms with Crippen LogP contribution < -0.4 is 10.1 Å². The smallest absolute Gasteiger partial charge is 0.242 e. The van der Waals surface area contributed by atoms with E-state index in [2.05, 4.69) is 5.32 Å². The van der Waals surface area contributed by atoms with Gasteiger partial charge < -0.3 is 10.1 Å². The number of sulfonamides is 1. The van der Waals surface area contributed by atoms with Gasteiger partial charge >= 0.3 is 0 Å². The fraction of sp³-hybridized carbons (Fsp3) is 0.350. The highest BCUT2D eigenvalue weighted by Gasteiger charge is 2.30. The zero-order valence-corrected chi connectivity index (χ0v) is 16.7. The molecule has 1 N–H and O–H groups in total. The second-order valence-electron chi connectivity index (χ2n) is 6.34. The average molecular weight is 391 g/mol. The Balaban J connectivity index is 1.99. The van der Waals surface area contributed by atoms with Crippen LogP contribution in [0.2, 0.25) is 0 Å². The highest BCUT2D eigenvalue weighted by atomic mass is 32.2. The summed E-state index contributed by atoms with van der Waals surface area (Å²) in [5, 5.41) is 2.86. The first-order chi connectivity index (χ1) is 12.8. The van der Waals surface area contributed by atoms with E-state index in [4.69, 9.17) is 4.74 Å². The first-order valence-corrected chi connectivity index (χ1v) is 10.6. The number of methoxy groups -OCH3 is 1. The van der Waals surface area contributed by atoms with E-state index in [9.17, 15) is 13.2 Å². The number of ether oxygens (including phenoxy) is 1. The van der Waals surface area contributed by atoms with E-state index >= 15 is 0 Å². The minimum atomic E-state index is -3.52. The second-order valence-corrected chi connectivity index (χ2v) is 8.38. The van der Waals surface area contributed by atoms with Crippen LogP contribution in [0.3, 0.4) is 0 Å². The van der Waals surface area contributed by atoms with Crippen LogP contribution in [0.4, 0.5) is 0 Å². The summed E-state index contributed by atoms with van der Waals surface area (Å²) in [4.78, 5) is 12.7. The summed E-state index contributed by atoms with van der Waals surface area (Å²) in [6, 6.07) is 15.8. The molecule has 0 fully saturated rings. The van der Waals surface area contributed by atoms with Crippen molar-refractivity contribution in [2.75, 3.05) is 27.0 Å². The molecule has 0 bridgehead atoms. The predicted octanol–water partition coefficient (Wildman–Crippen LogP) is 2.38. The number of amides is 1. The van der Waals surface area contributed by atoms with E-state index in [1.54, 1.807) is 31.4 Å². The van der Waals surface area contributed by atoms with E-state index in [-0.39, 0.29) is 5.91 Å². The molecule has 2 aromatic carbocycles. The topological polar surface area (TPSA) is 75.7 Å². The molecule has 0 aromatic heterocycles. The van der Waals surface area contributed by atoms with Crippen LogP contribution in [0.1, 0.15) is 23.6 Å². The number of carbonyl (C=O) groups is 1. The largest absolute Gasteiger partial charge is 0.497 e. The predicted molar refractivity (Wildman–Crippen MR) is 106 cm³/mol. The van der Waals surface area contributed by atoms with E-state index in [1.165, 1.54) is 7.05 Å². The number of aryl methyl sites for hydroxylation is 1. The Morgan fingerprint density at radius 3 is 2.48 bits per heavy atom. The monoisotopic (exact) mass is 390 g/mol. The molecule has 2 rings (SSSR count). The van der Waals surface area contributed by atoms with Crippen LogP contribution in [0.15, 0.2) is 54.6 Å². The van der Waals surface area contributed by atoms with Crippen molar-refractivity contribution in [2.24, 2.45) is 0 Å². The van der Waals surface area contributed by atoms with Crippen molar-refractivity contribution in [3.8, 4) is 5.75 Å². The van der Waals surface area contributed by atoms with E-state index in [0.29, 0.717) is 12.1 Å². The molecule has 1 atom stereocenters. The van der Waals surface area contributed by atoms with E-state index in [1.807, 2.05) is 30.3 Å². The molecule has 1 unspecified atom stereocenters. The molecule has 0 aliphatic rings. The van der Waals surface area contributed by atoms with Gasteiger partial charge in [0.15, 0.2) is 0 Å². The normalized spacial score (nSPS) is 12.6. The first-order valence-electron chi connectivity index (χ1n) is 8.71. The Bertz CT molecular complexity index is 853. The van der Waals surface area contributed by atoms with Crippen molar-refractivity contribution in [2.45, 2.75) is 18.9 Å². The molecule has 0 aliphatic heterocycles. The Kier molecular flexibility index (Phi) is 7.38. The number of carbonyl (C=O) groups excluding carboxylic acids is 1. The molecular weight excluding hydrogens is 364 g/mol. The summed E-state index contributed by atoms with van der Waals surface area (Å²) < 4.78 is 30.2. The van der Waals surface area contributed by atoms with Crippen molar-refractivity contribution in [1.29, 1.82) is 0 Å². The molecule has 0 spiro atoms. The van der Waals surface area contributed by atoms with Gasteiger partial charge in [0.2, 0.25) is 15.9 Å². The van der Waals surface area contributed by atoms with Gasteiger partial charge in [-0.05, 0) is 36.1 Å². The van der Waals surface area contributed by atoms with Crippen LogP contribution in [0.25, 0.3) is 0 Å². The molecule has 2 aromatic rings. The molecule has 27 heavy (non-hydrogen) atoms. The lowest BCUT2D eigenvalue weighted by Crippen LogP contribution is -2.41. The Hall–Kier alpha value is -2.38. The summed E-state index contributed by atoms with van der Waals surface area (Å²) in [5.41, 5.74) is 1.76. The van der Waals surface area contributed by atoms with Crippen molar-refractivity contribution in [1.82, 2.24) is 9.62 Å². The van der Waals surface area contributed by atoms with Gasteiger partial charge in [-0.25, -0.2) is 8.42 Å². The SMILES string of the molecule is COc1cccc(CCCNC(=O)C(c2ccccc2)N(C)S(C)(=O)=O)c1. The van der Waals surface area contributed by atoms with Crippen LogP contribution >= 0.6 is 0 Å². The summed E-state index contributed by atoms with van der Waals surface area (Å²) in [6.45, 7) is 0.455. The molecule has 0 aliphatic carbocycles. The third kappa shape index (κ3) is 6.08. The summed E-state index contributed by atoms with van der Waals surface area (Å²) >= 11 is 0. The van der Waals surface area contributed by atoms with Gasteiger partial charge in [-0.1, -0.05) is 42.5 Å². The zero-order chi connectivity index (χ0) is 19.9. The number of nitrogens with one attached hydrogen (secondary N) is 1. The maximum atomic E-state index is 12.7. The molecule has 0 saturated heterocycles. The second kappa shape index (κ2) is 9.53. The summed E-state index contributed by atoms with van der Waals surface area (Å²) in [6.07, 6.45) is 2.62. The number of rotatable bonds is 9. The van der Waals surface area contributed by atoms with Crippen molar-refractivity contribution < 1.29 is 17.9 Å². The highest BCUT2D eigenvalue weighted by molar-refractivity contribution is 7.88. The van der Waals surface area contributed by atoms with Crippen LogP contribution in [0, 0.1) is 0 Å². The quantitative estimate of drug-likeness (QED) is 0.667. The lowest BCUT2D eigenvalue weighted by Gasteiger charge is -2.25. The van der Waals surface area contributed by atoms with Gasteiger partial charge in [0.05, 0.1) is 13.4 Å². The lowest BCUT2D eigenvalue weighted by molar-refractivity contribution is -0.124. The lowest BCUT2D eigenvalue weighted by atomic mass is 10.1. The van der Waals surface area contributed by atoms with Gasteiger partial charge in [0.1, 0.15) is 11.8 Å². The molecule has 0 saturated carbocycles. The van der Waals surface area contributed by atoms with E-state index < -0.39 is 16.1 Å². The minimum absolute atomic E-state index is 0.334. The number of likely N-dealkylation sites (N-methyl/N-ethyl adjacent to an activating group) is 1. The highest BCUT2D eigenvalue weighted by Crippen LogP contribution is 2.22. The number of hydrogen-bond acceptors (Lipinski definition) is 4. The van der Waals surface area contributed by atoms with Crippen LogP contribution in [-0.4, -0.2) is 45.6 Å². The molecule has 1 amide bonds. The third-order valence-corrected chi connectivity index (χ3v) is 5.58.